The maximum absolute atomic E-state index is 13.8. The number of ether oxygens (including phenoxy) is 1. The molecule has 7 nitrogen and oxygen atoms in total. The predicted molar refractivity (Wildman–Crippen MR) is 97.2 cm³/mol. The minimum Gasteiger partial charge on any atom is -0.488 e. The molecule has 4 heterocycles. The van der Waals surface area contributed by atoms with Crippen molar-refractivity contribution in [2.45, 2.75) is 32.2 Å². The van der Waals surface area contributed by atoms with Crippen LogP contribution in [-0.2, 0) is 0 Å². The molecule has 1 aliphatic heterocycles. The molecule has 3 aromatic rings. The summed E-state index contributed by atoms with van der Waals surface area (Å²) >= 11 is 0. The lowest BCUT2D eigenvalue weighted by Gasteiger charge is -2.15. The minimum atomic E-state index is -0.918. The van der Waals surface area contributed by atoms with Crippen LogP contribution in [0.5, 0.6) is 5.75 Å². The van der Waals surface area contributed by atoms with E-state index in [-0.39, 0.29) is 12.1 Å². The lowest BCUT2D eigenvalue weighted by molar-refractivity contribution is 0.240. The summed E-state index contributed by atoms with van der Waals surface area (Å²) in [5.41, 5.74) is 2.24. The highest BCUT2D eigenvalue weighted by molar-refractivity contribution is 5.75. The molecule has 1 fully saturated rings. The summed E-state index contributed by atoms with van der Waals surface area (Å²) in [7, 11) is 0. The van der Waals surface area contributed by atoms with Gasteiger partial charge in [0, 0.05) is 13.1 Å². The minimum absolute atomic E-state index is 0.0677. The van der Waals surface area contributed by atoms with Crippen LogP contribution in [0.4, 0.5) is 10.2 Å². The van der Waals surface area contributed by atoms with Gasteiger partial charge >= 0.3 is 0 Å². The quantitative estimate of drug-likeness (QED) is 0.731. The zero-order chi connectivity index (χ0) is 18.1. The highest BCUT2D eigenvalue weighted by Gasteiger charge is 2.26. The topological polar surface area (TPSA) is 76.4 Å². The van der Waals surface area contributed by atoms with Gasteiger partial charge < -0.3 is 15.4 Å². The third-order valence-corrected chi connectivity index (χ3v) is 4.20. The molecule has 1 saturated heterocycles. The van der Waals surface area contributed by atoms with Crippen molar-refractivity contribution in [1.82, 2.24) is 24.9 Å². The Kier molecular flexibility index (Phi) is 4.42. The second-order valence-electron chi connectivity index (χ2n) is 6.62. The Hall–Kier alpha value is -2.74. The number of halogens is 1. The average Bonchev–Trinajstić information content (AvgIpc) is 3.21. The van der Waals surface area contributed by atoms with E-state index >= 15 is 0 Å². The molecule has 0 bridgehead atoms. The van der Waals surface area contributed by atoms with Crippen LogP contribution in [0, 0.1) is 0 Å². The Morgan fingerprint density at radius 2 is 2.19 bits per heavy atom. The van der Waals surface area contributed by atoms with E-state index in [1.54, 1.807) is 23.1 Å². The molecule has 0 radical (unpaired) electrons. The Bertz CT molecular complexity index is 912. The van der Waals surface area contributed by atoms with Crippen molar-refractivity contribution in [3.05, 3.63) is 36.8 Å². The summed E-state index contributed by atoms with van der Waals surface area (Å²) < 4.78 is 21.1. The number of nitrogens with one attached hydrogen (secondary N) is 2. The highest BCUT2D eigenvalue weighted by atomic mass is 19.1. The van der Waals surface area contributed by atoms with Crippen LogP contribution < -0.4 is 15.4 Å². The van der Waals surface area contributed by atoms with Crippen LogP contribution >= 0.6 is 0 Å². The van der Waals surface area contributed by atoms with Gasteiger partial charge in [-0.15, -0.1) is 0 Å². The van der Waals surface area contributed by atoms with Crippen LogP contribution in [0.25, 0.3) is 16.9 Å². The number of fused-ring (bicyclic) bond motifs is 1. The summed E-state index contributed by atoms with van der Waals surface area (Å²) in [6.07, 6.45) is 4.35. The van der Waals surface area contributed by atoms with Gasteiger partial charge in [0.1, 0.15) is 12.0 Å². The van der Waals surface area contributed by atoms with E-state index in [1.165, 1.54) is 0 Å². The Labute approximate surface area is 150 Å². The Balaban J connectivity index is 1.62. The number of hydrogen-bond donors (Lipinski definition) is 2. The van der Waals surface area contributed by atoms with Crippen molar-refractivity contribution in [3.8, 4) is 17.0 Å². The maximum Gasteiger partial charge on any atom is 0.164 e. The molecule has 0 saturated carbocycles. The first-order valence-corrected chi connectivity index (χ1v) is 8.69. The van der Waals surface area contributed by atoms with Gasteiger partial charge in [-0.25, -0.2) is 18.9 Å². The normalized spacial score (nSPS) is 20.0. The Morgan fingerprint density at radius 1 is 1.31 bits per heavy atom. The summed E-state index contributed by atoms with van der Waals surface area (Å²) in [5.74, 6) is 1.30. The molecule has 0 aromatic carbocycles. The fourth-order valence-corrected chi connectivity index (χ4v) is 3.01. The predicted octanol–water partition coefficient (Wildman–Crippen LogP) is 2.30. The van der Waals surface area contributed by atoms with Gasteiger partial charge in [0.05, 0.1) is 42.0 Å². The van der Waals surface area contributed by atoms with Crippen LogP contribution in [0.2, 0.25) is 0 Å². The van der Waals surface area contributed by atoms with Crippen molar-refractivity contribution in [3.63, 3.8) is 0 Å². The van der Waals surface area contributed by atoms with E-state index in [9.17, 15) is 4.39 Å². The molecule has 0 unspecified atom stereocenters. The number of aromatic nitrogens is 4. The molecule has 4 rings (SSSR count). The summed E-state index contributed by atoms with van der Waals surface area (Å²) in [4.78, 5) is 9.06. The molecule has 2 N–H and O–H groups in total. The number of rotatable bonds is 5. The first-order valence-electron chi connectivity index (χ1n) is 8.69. The van der Waals surface area contributed by atoms with E-state index < -0.39 is 6.17 Å². The Morgan fingerprint density at radius 3 is 2.96 bits per heavy atom. The maximum atomic E-state index is 13.8. The molecular weight excluding hydrogens is 335 g/mol. The SMILES string of the molecule is CC(C)Oc1cnc2c(-c3cccc(N[C@H]4CNC[C@@H]4F)n3)cnn2c1. The second-order valence-corrected chi connectivity index (χ2v) is 6.62. The van der Waals surface area contributed by atoms with Crippen molar-refractivity contribution in [2.75, 3.05) is 18.4 Å². The van der Waals surface area contributed by atoms with Crippen LogP contribution in [-0.4, -0.2) is 51.0 Å². The van der Waals surface area contributed by atoms with E-state index in [0.717, 1.165) is 11.3 Å². The molecule has 8 heteroatoms. The number of pyridine rings is 1. The fourth-order valence-electron chi connectivity index (χ4n) is 3.01. The lowest BCUT2D eigenvalue weighted by Crippen LogP contribution is -2.29. The zero-order valence-corrected chi connectivity index (χ0v) is 14.7. The monoisotopic (exact) mass is 356 g/mol. The van der Waals surface area contributed by atoms with E-state index in [1.807, 2.05) is 32.0 Å². The van der Waals surface area contributed by atoms with Gasteiger partial charge in [0.15, 0.2) is 11.4 Å². The van der Waals surface area contributed by atoms with E-state index in [0.29, 0.717) is 30.3 Å². The number of alkyl halides is 1. The zero-order valence-electron chi connectivity index (χ0n) is 14.7. The molecule has 0 aliphatic carbocycles. The molecule has 1 aliphatic rings. The molecule has 0 spiro atoms. The van der Waals surface area contributed by atoms with Gasteiger partial charge in [-0.3, -0.25) is 0 Å². The van der Waals surface area contributed by atoms with Crippen LogP contribution in [0.1, 0.15) is 13.8 Å². The van der Waals surface area contributed by atoms with E-state index in [4.69, 9.17) is 4.74 Å². The van der Waals surface area contributed by atoms with Gasteiger partial charge in [-0.05, 0) is 26.0 Å². The molecule has 3 aromatic heterocycles. The molecule has 0 amide bonds. The van der Waals surface area contributed by atoms with Crippen molar-refractivity contribution in [2.24, 2.45) is 0 Å². The van der Waals surface area contributed by atoms with Gasteiger partial charge in [0.25, 0.3) is 0 Å². The third kappa shape index (κ3) is 3.32. The smallest absolute Gasteiger partial charge is 0.164 e. The number of nitrogens with zero attached hydrogens (tertiary/aromatic N) is 4. The largest absolute Gasteiger partial charge is 0.488 e. The molecule has 26 heavy (non-hydrogen) atoms. The molecule has 136 valence electrons. The van der Waals surface area contributed by atoms with Crippen molar-refractivity contribution < 1.29 is 9.13 Å². The first-order chi connectivity index (χ1) is 12.6. The van der Waals surface area contributed by atoms with Gasteiger partial charge in [0.2, 0.25) is 0 Å². The first kappa shape index (κ1) is 16.7. The third-order valence-electron chi connectivity index (χ3n) is 4.20. The van der Waals surface area contributed by atoms with Crippen LogP contribution in [0.3, 0.4) is 0 Å². The average molecular weight is 356 g/mol. The molecule has 2 atom stereocenters. The summed E-state index contributed by atoms with van der Waals surface area (Å²) in [5, 5.41) is 10.5. The lowest BCUT2D eigenvalue weighted by atomic mass is 10.2. The molecular formula is C18H21FN6O. The van der Waals surface area contributed by atoms with E-state index in [2.05, 4.69) is 25.7 Å². The van der Waals surface area contributed by atoms with Gasteiger partial charge in [-0.1, -0.05) is 6.07 Å². The number of hydrogen-bond acceptors (Lipinski definition) is 6. The number of anilines is 1. The highest BCUT2D eigenvalue weighted by Crippen LogP contribution is 2.24. The fraction of sp³-hybridized carbons (Fsp3) is 0.389. The second kappa shape index (κ2) is 6.87. The summed E-state index contributed by atoms with van der Waals surface area (Å²) in [6, 6.07) is 5.35. The van der Waals surface area contributed by atoms with Crippen molar-refractivity contribution in [1.29, 1.82) is 0 Å². The van der Waals surface area contributed by atoms with Crippen molar-refractivity contribution >= 4 is 11.5 Å². The summed E-state index contributed by atoms with van der Waals surface area (Å²) in [6.45, 7) is 4.88. The van der Waals surface area contributed by atoms with Gasteiger partial charge in [-0.2, -0.15) is 5.10 Å². The van der Waals surface area contributed by atoms with Crippen LogP contribution in [0.15, 0.2) is 36.8 Å². The standard InChI is InChI=1S/C18H21FN6O/c1-11(2)26-12-6-21-18-13(7-22-25(18)10-12)15-4-3-5-17(23-15)24-16-9-20-8-14(16)19/h3-7,10-11,14,16,20H,8-9H2,1-2H3,(H,23,24)/t14-,16-/m0/s1.